The number of nitrogens with zero attached hydrogens (tertiary/aromatic N) is 1. The van der Waals surface area contributed by atoms with Gasteiger partial charge in [-0.3, -0.25) is 0 Å². The summed E-state index contributed by atoms with van der Waals surface area (Å²) in [4.78, 5) is 2.52. The highest BCUT2D eigenvalue weighted by atomic mass is 35.5. The van der Waals surface area contributed by atoms with Crippen molar-refractivity contribution in [2.75, 3.05) is 26.2 Å². The Morgan fingerprint density at radius 2 is 2.05 bits per heavy atom. The maximum Gasteiger partial charge on any atom is 0.126 e. The molecule has 0 aliphatic carbocycles. The van der Waals surface area contributed by atoms with Gasteiger partial charge in [0.05, 0.1) is 0 Å². The van der Waals surface area contributed by atoms with Crippen molar-refractivity contribution >= 4 is 11.6 Å². The third-order valence-corrected chi connectivity index (χ3v) is 5.15. The lowest BCUT2D eigenvalue weighted by atomic mass is 9.82. The molecule has 0 atom stereocenters. The highest BCUT2D eigenvalue weighted by Crippen LogP contribution is 2.42. The molecule has 0 amide bonds. The van der Waals surface area contributed by atoms with Crippen molar-refractivity contribution in [1.29, 1.82) is 0 Å². The average Bonchev–Trinajstić information content (AvgIpc) is 2.48. The first-order chi connectivity index (χ1) is 10.1. The molecule has 2 aliphatic rings. The summed E-state index contributed by atoms with van der Waals surface area (Å²) >= 11 is 6.15. The zero-order valence-electron chi connectivity index (χ0n) is 12.8. The molecule has 0 radical (unpaired) electrons. The molecule has 1 spiro atoms. The van der Waals surface area contributed by atoms with Gasteiger partial charge in [-0.05, 0) is 75.4 Å². The number of benzene rings is 1. The molecule has 2 aliphatic heterocycles. The molecule has 0 saturated carbocycles. The number of ether oxygens (including phenoxy) is 1. The minimum Gasteiger partial charge on any atom is -0.487 e. The second-order valence-corrected chi connectivity index (χ2v) is 6.92. The first-order valence-corrected chi connectivity index (χ1v) is 8.40. The summed E-state index contributed by atoms with van der Waals surface area (Å²) in [5.41, 5.74) is 8.09. The molecule has 1 saturated heterocycles. The van der Waals surface area contributed by atoms with Crippen LogP contribution in [-0.2, 0) is 6.42 Å². The predicted molar refractivity (Wildman–Crippen MR) is 87.2 cm³/mol. The van der Waals surface area contributed by atoms with Crippen LogP contribution in [0.1, 0.15) is 36.8 Å². The second-order valence-electron chi connectivity index (χ2n) is 6.48. The Kier molecular flexibility index (Phi) is 4.43. The molecule has 4 heteroatoms. The van der Waals surface area contributed by atoms with E-state index in [1.165, 1.54) is 11.1 Å². The van der Waals surface area contributed by atoms with E-state index in [1.54, 1.807) is 0 Å². The van der Waals surface area contributed by atoms with Crippen LogP contribution in [0.4, 0.5) is 0 Å². The van der Waals surface area contributed by atoms with Gasteiger partial charge in [0.1, 0.15) is 11.4 Å². The Bertz CT molecular complexity index is 510. The lowest BCUT2D eigenvalue weighted by molar-refractivity contribution is -0.0150. The number of rotatable bonds is 3. The molecule has 0 aromatic heterocycles. The summed E-state index contributed by atoms with van der Waals surface area (Å²) in [7, 11) is 0. The van der Waals surface area contributed by atoms with Gasteiger partial charge in [0.2, 0.25) is 0 Å². The molecule has 2 N–H and O–H groups in total. The highest BCUT2D eigenvalue weighted by molar-refractivity contribution is 6.30. The van der Waals surface area contributed by atoms with Gasteiger partial charge in [0.15, 0.2) is 0 Å². The lowest BCUT2D eigenvalue weighted by Crippen LogP contribution is -2.50. The van der Waals surface area contributed by atoms with Gasteiger partial charge in [0.25, 0.3) is 0 Å². The van der Waals surface area contributed by atoms with E-state index in [0.717, 1.165) is 69.1 Å². The Hall–Kier alpha value is -0.770. The van der Waals surface area contributed by atoms with Crippen LogP contribution in [0.15, 0.2) is 12.1 Å². The number of hydrogen-bond donors (Lipinski definition) is 1. The molecule has 0 bridgehead atoms. The molecule has 1 fully saturated rings. The number of aryl methyl sites for hydroxylation is 2. The van der Waals surface area contributed by atoms with Crippen molar-refractivity contribution in [3.63, 3.8) is 0 Å². The van der Waals surface area contributed by atoms with Crippen LogP contribution in [0.2, 0.25) is 5.02 Å². The predicted octanol–water partition coefficient (Wildman–Crippen LogP) is 3.16. The van der Waals surface area contributed by atoms with Crippen molar-refractivity contribution < 1.29 is 4.74 Å². The van der Waals surface area contributed by atoms with Crippen molar-refractivity contribution in [3.05, 3.63) is 28.3 Å². The third-order valence-electron chi connectivity index (χ3n) is 4.93. The fourth-order valence-corrected chi connectivity index (χ4v) is 3.91. The standard InChI is InChI=1S/C17H25ClN2O/c1-13-11-15(18)12-14-3-4-17(21-16(13)14)5-9-20(10-6-17)8-2-7-19/h11-12H,2-10,19H2,1H3. The smallest absolute Gasteiger partial charge is 0.126 e. The number of halogens is 1. The van der Waals surface area contributed by atoms with E-state index in [4.69, 9.17) is 22.1 Å². The summed E-state index contributed by atoms with van der Waals surface area (Å²) < 4.78 is 6.49. The minimum absolute atomic E-state index is 0.0464. The first-order valence-electron chi connectivity index (χ1n) is 8.02. The van der Waals surface area contributed by atoms with Crippen LogP contribution in [0.25, 0.3) is 0 Å². The van der Waals surface area contributed by atoms with Gasteiger partial charge < -0.3 is 15.4 Å². The van der Waals surface area contributed by atoms with E-state index in [1.807, 2.05) is 6.07 Å². The third kappa shape index (κ3) is 3.20. The van der Waals surface area contributed by atoms with E-state index in [2.05, 4.69) is 17.9 Å². The molecule has 21 heavy (non-hydrogen) atoms. The number of piperidine rings is 1. The molecular weight excluding hydrogens is 284 g/mol. The summed E-state index contributed by atoms with van der Waals surface area (Å²) in [6.07, 6.45) is 5.54. The summed E-state index contributed by atoms with van der Waals surface area (Å²) in [6.45, 7) is 6.26. The van der Waals surface area contributed by atoms with E-state index in [0.29, 0.717) is 0 Å². The Morgan fingerprint density at radius 1 is 1.29 bits per heavy atom. The topological polar surface area (TPSA) is 38.5 Å². The quantitative estimate of drug-likeness (QED) is 0.932. The van der Waals surface area contributed by atoms with Crippen molar-refractivity contribution in [3.8, 4) is 5.75 Å². The largest absolute Gasteiger partial charge is 0.487 e. The van der Waals surface area contributed by atoms with Gasteiger partial charge >= 0.3 is 0 Å². The Balaban J connectivity index is 1.69. The van der Waals surface area contributed by atoms with Gasteiger partial charge in [0, 0.05) is 18.1 Å². The molecular formula is C17H25ClN2O. The van der Waals surface area contributed by atoms with E-state index in [9.17, 15) is 0 Å². The van der Waals surface area contributed by atoms with Crippen LogP contribution in [0, 0.1) is 6.92 Å². The van der Waals surface area contributed by atoms with E-state index in [-0.39, 0.29) is 5.60 Å². The highest BCUT2D eigenvalue weighted by Gasteiger charge is 2.39. The monoisotopic (exact) mass is 308 g/mol. The van der Waals surface area contributed by atoms with E-state index < -0.39 is 0 Å². The molecule has 2 heterocycles. The summed E-state index contributed by atoms with van der Waals surface area (Å²) in [6, 6.07) is 4.07. The van der Waals surface area contributed by atoms with Crippen molar-refractivity contribution in [2.45, 2.75) is 44.6 Å². The summed E-state index contributed by atoms with van der Waals surface area (Å²) in [5, 5.41) is 0.822. The van der Waals surface area contributed by atoms with Crippen LogP contribution in [0.5, 0.6) is 5.75 Å². The van der Waals surface area contributed by atoms with Crippen molar-refractivity contribution in [1.82, 2.24) is 4.90 Å². The minimum atomic E-state index is 0.0464. The molecule has 3 nitrogen and oxygen atoms in total. The maximum atomic E-state index is 6.49. The van der Waals surface area contributed by atoms with Crippen LogP contribution in [0.3, 0.4) is 0 Å². The van der Waals surface area contributed by atoms with Gasteiger partial charge in [-0.25, -0.2) is 0 Å². The molecule has 116 valence electrons. The van der Waals surface area contributed by atoms with Crippen LogP contribution < -0.4 is 10.5 Å². The molecule has 1 aromatic carbocycles. The van der Waals surface area contributed by atoms with Gasteiger partial charge in [-0.2, -0.15) is 0 Å². The first kappa shape index (κ1) is 15.1. The SMILES string of the molecule is Cc1cc(Cl)cc2c1OC1(CC2)CCN(CCCN)CC1. The fourth-order valence-electron chi connectivity index (χ4n) is 3.61. The average molecular weight is 309 g/mol. The number of fused-ring (bicyclic) bond motifs is 1. The molecule has 3 rings (SSSR count). The second kappa shape index (κ2) is 6.15. The zero-order chi connectivity index (χ0) is 14.9. The summed E-state index contributed by atoms with van der Waals surface area (Å²) in [5.74, 6) is 1.08. The number of hydrogen-bond acceptors (Lipinski definition) is 3. The fraction of sp³-hybridized carbons (Fsp3) is 0.647. The number of likely N-dealkylation sites (tertiary alicyclic amines) is 1. The molecule has 0 unspecified atom stereocenters. The Morgan fingerprint density at radius 3 is 2.76 bits per heavy atom. The maximum absolute atomic E-state index is 6.49. The zero-order valence-corrected chi connectivity index (χ0v) is 13.6. The number of nitrogens with two attached hydrogens (primary N) is 1. The van der Waals surface area contributed by atoms with Gasteiger partial charge in [-0.15, -0.1) is 0 Å². The lowest BCUT2D eigenvalue weighted by Gasteiger charge is -2.45. The normalized spacial score (nSPS) is 21.1. The van der Waals surface area contributed by atoms with Crippen LogP contribution in [-0.4, -0.2) is 36.7 Å². The Labute approximate surface area is 132 Å². The van der Waals surface area contributed by atoms with Gasteiger partial charge in [-0.1, -0.05) is 11.6 Å². The van der Waals surface area contributed by atoms with Crippen LogP contribution >= 0.6 is 11.6 Å². The van der Waals surface area contributed by atoms with Crippen molar-refractivity contribution in [2.24, 2.45) is 5.73 Å². The van der Waals surface area contributed by atoms with E-state index >= 15 is 0 Å². The molecule has 1 aromatic rings.